The number of halogens is 3. The van der Waals surface area contributed by atoms with Crippen molar-refractivity contribution in [2.75, 3.05) is 12.4 Å². The maximum Gasteiger partial charge on any atom is 0.387 e. The number of hydrogen-bond donors (Lipinski definition) is 1. The molecule has 0 aliphatic carbocycles. The van der Waals surface area contributed by atoms with Crippen molar-refractivity contribution in [2.45, 2.75) is 12.7 Å². The van der Waals surface area contributed by atoms with Gasteiger partial charge in [-0.3, -0.25) is 4.57 Å². The monoisotopic (exact) mass is 437 g/mol. The summed E-state index contributed by atoms with van der Waals surface area (Å²) in [5.41, 5.74) is 3.45. The second-order valence-electron chi connectivity index (χ2n) is 7.21. The van der Waals surface area contributed by atoms with E-state index in [0.29, 0.717) is 17.2 Å². The van der Waals surface area contributed by atoms with E-state index in [-0.39, 0.29) is 17.3 Å². The van der Waals surface area contributed by atoms with E-state index in [1.165, 1.54) is 19.2 Å². The Balaban J connectivity index is 1.75. The lowest BCUT2D eigenvalue weighted by atomic mass is 9.99. The zero-order chi connectivity index (χ0) is 22.2. The number of nitrogens with one attached hydrogen (secondary N) is 1. The second-order valence-corrected chi connectivity index (χ2v) is 7.21. The number of alkyl halides is 2. The summed E-state index contributed by atoms with van der Waals surface area (Å²) in [7, 11) is 1.40. The number of aromatic nitrogens is 2. The molecule has 162 valence electrons. The molecule has 32 heavy (non-hydrogen) atoms. The lowest BCUT2D eigenvalue weighted by Crippen LogP contribution is -2.20. The van der Waals surface area contributed by atoms with Crippen LogP contribution < -0.4 is 14.8 Å². The van der Waals surface area contributed by atoms with Gasteiger partial charge in [-0.25, -0.2) is 9.37 Å². The first-order chi connectivity index (χ1) is 15.5. The molecule has 2 heterocycles. The van der Waals surface area contributed by atoms with Crippen molar-refractivity contribution in [1.29, 1.82) is 0 Å². The van der Waals surface area contributed by atoms with E-state index in [9.17, 15) is 13.2 Å². The van der Waals surface area contributed by atoms with Gasteiger partial charge in [-0.15, -0.1) is 0 Å². The van der Waals surface area contributed by atoms with Crippen molar-refractivity contribution in [3.8, 4) is 11.5 Å². The first kappa shape index (κ1) is 20.0. The Morgan fingerprint density at radius 3 is 2.53 bits per heavy atom. The average molecular weight is 437 g/mol. The minimum atomic E-state index is -3.02. The number of methoxy groups -OCH3 is 1. The molecule has 0 bridgehead atoms. The van der Waals surface area contributed by atoms with Crippen LogP contribution in [-0.2, 0) is 0 Å². The average Bonchev–Trinajstić information content (AvgIpc) is 3.17. The van der Waals surface area contributed by atoms with Gasteiger partial charge >= 0.3 is 6.61 Å². The number of allylic oxidation sites excluding steroid dienone is 1. The van der Waals surface area contributed by atoms with Gasteiger partial charge in [-0.1, -0.05) is 24.3 Å². The summed E-state index contributed by atoms with van der Waals surface area (Å²) in [6.45, 7) is -3.02. The van der Waals surface area contributed by atoms with Crippen LogP contribution in [0.2, 0.25) is 0 Å². The van der Waals surface area contributed by atoms with E-state index >= 15 is 0 Å². The highest BCUT2D eigenvalue weighted by Crippen LogP contribution is 2.43. The number of hydrogen-bond acceptors (Lipinski definition) is 4. The van der Waals surface area contributed by atoms with Crippen molar-refractivity contribution in [1.82, 2.24) is 9.55 Å². The number of anilines is 1. The molecule has 1 aliphatic rings. The summed E-state index contributed by atoms with van der Waals surface area (Å²) in [4.78, 5) is 4.67. The molecule has 0 unspecified atom stereocenters. The third-order valence-electron chi connectivity index (χ3n) is 5.36. The molecule has 1 aromatic heterocycles. The maximum atomic E-state index is 13.5. The van der Waals surface area contributed by atoms with Crippen molar-refractivity contribution < 1.29 is 22.6 Å². The molecular weight excluding hydrogens is 419 g/mol. The number of benzene rings is 3. The number of rotatable bonds is 5. The van der Waals surface area contributed by atoms with E-state index < -0.39 is 12.7 Å². The Kier molecular flexibility index (Phi) is 4.97. The Hall–Kier alpha value is -3.94. The predicted octanol–water partition coefficient (Wildman–Crippen LogP) is 5.84. The fourth-order valence-electron chi connectivity index (χ4n) is 3.98. The normalized spacial score (nSPS) is 15.3. The molecule has 8 heteroatoms. The van der Waals surface area contributed by atoms with E-state index in [2.05, 4.69) is 10.3 Å². The first-order valence-electron chi connectivity index (χ1n) is 9.88. The Bertz CT molecular complexity index is 1320. The summed E-state index contributed by atoms with van der Waals surface area (Å²) >= 11 is 0. The third-order valence-corrected chi connectivity index (χ3v) is 5.36. The lowest BCUT2D eigenvalue weighted by molar-refractivity contribution is -0.0519. The minimum absolute atomic E-state index is 0.0460. The van der Waals surface area contributed by atoms with E-state index in [1.807, 2.05) is 34.9 Å². The zero-order valence-corrected chi connectivity index (χ0v) is 16.9. The van der Waals surface area contributed by atoms with Crippen LogP contribution in [-0.4, -0.2) is 23.3 Å². The van der Waals surface area contributed by atoms with Crippen LogP contribution in [0, 0.1) is 5.82 Å². The highest BCUT2D eigenvalue weighted by molar-refractivity contribution is 5.85. The molecule has 0 radical (unpaired) electrons. The van der Waals surface area contributed by atoms with Crippen molar-refractivity contribution >= 4 is 22.7 Å². The molecular formula is C24H18F3N3O2. The molecule has 0 saturated carbocycles. The summed E-state index contributed by atoms with van der Waals surface area (Å²) in [5.74, 6) is 0.331. The number of para-hydroxylation sites is 3. The van der Waals surface area contributed by atoms with Gasteiger partial charge in [0.1, 0.15) is 5.82 Å². The largest absolute Gasteiger partial charge is 0.493 e. The van der Waals surface area contributed by atoms with Gasteiger partial charge in [-0.2, -0.15) is 8.78 Å². The predicted molar refractivity (Wildman–Crippen MR) is 115 cm³/mol. The Morgan fingerprint density at radius 1 is 1.00 bits per heavy atom. The number of ether oxygens (including phenoxy) is 2. The van der Waals surface area contributed by atoms with Crippen LogP contribution in [0.5, 0.6) is 11.5 Å². The van der Waals surface area contributed by atoms with Crippen molar-refractivity contribution in [2.24, 2.45) is 0 Å². The summed E-state index contributed by atoms with van der Waals surface area (Å²) in [6.07, 6.45) is 1.88. The molecule has 3 aromatic carbocycles. The fraction of sp³-hybridized carbons (Fsp3) is 0.125. The molecule has 0 fully saturated rings. The van der Waals surface area contributed by atoms with Crippen LogP contribution in [0.4, 0.5) is 19.1 Å². The SMILES string of the molecule is COc1cccc([C@@H]2C=C(c3ccc(F)cc3)Nc3nc4ccccc4n32)c1OC(F)F. The fourth-order valence-corrected chi connectivity index (χ4v) is 3.98. The van der Waals surface area contributed by atoms with Crippen LogP contribution in [0.25, 0.3) is 16.7 Å². The van der Waals surface area contributed by atoms with Crippen molar-refractivity contribution in [3.05, 3.63) is 89.8 Å². The van der Waals surface area contributed by atoms with Gasteiger partial charge in [-0.05, 0) is 54.1 Å². The Labute approximate surface area is 181 Å². The lowest BCUT2D eigenvalue weighted by Gasteiger charge is -2.28. The summed E-state index contributed by atoms with van der Waals surface area (Å²) in [6, 6.07) is 18.0. The van der Waals surface area contributed by atoms with Gasteiger partial charge in [0.15, 0.2) is 11.5 Å². The van der Waals surface area contributed by atoms with Gasteiger partial charge in [0.2, 0.25) is 5.95 Å². The molecule has 5 nitrogen and oxygen atoms in total. The number of fused-ring (bicyclic) bond motifs is 3. The van der Waals surface area contributed by atoms with E-state index in [1.54, 1.807) is 30.3 Å². The van der Waals surface area contributed by atoms with Gasteiger partial charge in [0.25, 0.3) is 0 Å². The molecule has 5 rings (SSSR count). The Morgan fingerprint density at radius 2 is 1.78 bits per heavy atom. The van der Waals surface area contributed by atoms with Gasteiger partial charge in [0.05, 0.1) is 24.2 Å². The number of imidazole rings is 1. The summed E-state index contributed by atoms with van der Waals surface area (Å²) < 4.78 is 52.2. The van der Waals surface area contributed by atoms with Crippen LogP contribution >= 0.6 is 0 Å². The first-order valence-corrected chi connectivity index (χ1v) is 9.88. The molecule has 1 aliphatic heterocycles. The van der Waals surface area contributed by atoms with E-state index in [4.69, 9.17) is 9.47 Å². The molecule has 1 atom stereocenters. The molecule has 0 amide bonds. The van der Waals surface area contributed by atoms with Crippen LogP contribution in [0.3, 0.4) is 0 Å². The molecule has 1 N–H and O–H groups in total. The molecule has 4 aromatic rings. The van der Waals surface area contributed by atoms with Crippen molar-refractivity contribution in [3.63, 3.8) is 0 Å². The van der Waals surface area contributed by atoms with Gasteiger partial charge < -0.3 is 14.8 Å². The minimum Gasteiger partial charge on any atom is -0.493 e. The number of nitrogens with zero attached hydrogens (tertiary/aromatic N) is 2. The molecule has 0 saturated heterocycles. The topological polar surface area (TPSA) is 48.3 Å². The third kappa shape index (κ3) is 3.43. The maximum absolute atomic E-state index is 13.5. The second kappa shape index (κ2) is 7.96. The quantitative estimate of drug-likeness (QED) is 0.426. The zero-order valence-electron chi connectivity index (χ0n) is 16.9. The highest BCUT2D eigenvalue weighted by Gasteiger charge is 2.29. The molecule has 0 spiro atoms. The van der Waals surface area contributed by atoms with E-state index in [0.717, 1.165) is 16.6 Å². The van der Waals surface area contributed by atoms with Crippen LogP contribution in [0.1, 0.15) is 17.2 Å². The summed E-state index contributed by atoms with van der Waals surface area (Å²) in [5, 5.41) is 3.28. The van der Waals surface area contributed by atoms with Crippen LogP contribution in [0.15, 0.2) is 72.8 Å². The van der Waals surface area contributed by atoms with Gasteiger partial charge in [0, 0.05) is 11.3 Å². The smallest absolute Gasteiger partial charge is 0.387 e. The highest BCUT2D eigenvalue weighted by atomic mass is 19.3. The standard InChI is InChI=1S/C24H18F3N3O2/c1-31-21-8-4-5-16(22(21)32-23(26)27)20-13-18(14-9-11-15(25)12-10-14)29-24-28-17-6-2-3-7-19(17)30(20)24/h2-13,20,23H,1H3,(H,28,29)/t20-/m0/s1.